The molecular formula is C20H24N4O4S. The lowest BCUT2D eigenvalue weighted by Crippen LogP contribution is -2.47. The van der Waals surface area contributed by atoms with Gasteiger partial charge < -0.3 is 16.0 Å². The minimum atomic E-state index is -3.67. The quantitative estimate of drug-likeness (QED) is 0.762. The Morgan fingerprint density at radius 3 is 2.34 bits per heavy atom. The van der Waals surface area contributed by atoms with Crippen LogP contribution in [-0.4, -0.2) is 62.7 Å². The first-order valence-corrected chi connectivity index (χ1v) is 10.6. The first-order valence-electron chi connectivity index (χ1n) is 9.19. The number of hydrogen-bond acceptors (Lipinski definition) is 5. The number of nitrogens with zero attached hydrogens (tertiary/aromatic N) is 2. The van der Waals surface area contributed by atoms with E-state index < -0.39 is 21.8 Å². The number of carbonyl (C=O) groups is 2. The van der Waals surface area contributed by atoms with Crippen LogP contribution in [0.5, 0.6) is 0 Å². The molecule has 0 saturated carbocycles. The fourth-order valence-corrected chi connectivity index (χ4v) is 4.68. The average Bonchev–Trinajstić information content (AvgIpc) is 2.69. The van der Waals surface area contributed by atoms with Crippen molar-refractivity contribution in [2.24, 2.45) is 5.73 Å². The van der Waals surface area contributed by atoms with Crippen molar-refractivity contribution in [1.29, 1.82) is 0 Å². The number of primary amides is 1. The van der Waals surface area contributed by atoms with Gasteiger partial charge in [-0.3, -0.25) is 9.59 Å². The predicted octanol–water partition coefficient (Wildman–Crippen LogP) is 1.28. The van der Waals surface area contributed by atoms with Gasteiger partial charge in [0.1, 0.15) is 0 Å². The number of hydrogen-bond donors (Lipinski definition) is 2. The molecule has 154 valence electrons. The minimum absolute atomic E-state index is 0.0808. The SMILES string of the molecule is Cc1c(NC(=O)c2cccc(S(=O)(=O)N3CCN(C)CC3)c2)cccc1C(N)=O. The number of piperazine rings is 1. The summed E-state index contributed by atoms with van der Waals surface area (Å²) in [5, 5.41) is 2.72. The van der Waals surface area contributed by atoms with Crippen LogP contribution in [-0.2, 0) is 10.0 Å². The highest BCUT2D eigenvalue weighted by Gasteiger charge is 2.28. The number of benzene rings is 2. The van der Waals surface area contributed by atoms with Gasteiger partial charge in [-0.15, -0.1) is 0 Å². The molecule has 2 amide bonds. The second kappa shape index (κ2) is 8.32. The van der Waals surface area contributed by atoms with Crippen molar-refractivity contribution in [3.8, 4) is 0 Å². The lowest BCUT2D eigenvalue weighted by molar-refractivity contribution is 0.0995. The molecule has 0 atom stereocenters. The molecular weight excluding hydrogens is 392 g/mol. The summed E-state index contributed by atoms with van der Waals surface area (Å²) in [5.41, 5.74) is 6.87. The van der Waals surface area contributed by atoms with Gasteiger partial charge in [-0.1, -0.05) is 12.1 Å². The number of anilines is 1. The highest BCUT2D eigenvalue weighted by molar-refractivity contribution is 7.89. The van der Waals surface area contributed by atoms with E-state index in [-0.39, 0.29) is 10.5 Å². The molecule has 3 N–H and O–H groups in total. The van der Waals surface area contributed by atoms with E-state index >= 15 is 0 Å². The normalized spacial score (nSPS) is 15.8. The van der Waals surface area contributed by atoms with E-state index in [9.17, 15) is 18.0 Å². The zero-order valence-corrected chi connectivity index (χ0v) is 17.2. The van der Waals surface area contributed by atoms with Gasteiger partial charge in [-0.2, -0.15) is 4.31 Å². The smallest absolute Gasteiger partial charge is 0.255 e. The Balaban J connectivity index is 1.83. The van der Waals surface area contributed by atoms with Crippen molar-refractivity contribution >= 4 is 27.5 Å². The number of amides is 2. The van der Waals surface area contributed by atoms with Crippen molar-refractivity contribution in [3.63, 3.8) is 0 Å². The maximum absolute atomic E-state index is 12.9. The van der Waals surface area contributed by atoms with Crippen LogP contribution in [0.2, 0.25) is 0 Å². The molecule has 1 saturated heterocycles. The Bertz CT molecular complexity index is 1040. The summed E-state index contributed by atoms with van der Waals surface area (Å²) < 4.78 is 27.3. The van der Waals surface area contributed by atoms with Crippen LogP contribution in [0.1, 0.15) is 26.3 Å². The van der Waals surface area contributed by atoms with Gasteiger partial charge in [-0.05, 0) is 49.9 Å². The van der Waals surface area contributed by atoms with Gasteiger partial charge in [-0.25, -0.2) is 8.42 Å². The summed E-state index contributed by atoms with van der Waals surface area (Å²) in [6, 6.07) is 10.8. The van der Waals surface area contributed by atoms with E-state index in [1.807, 2.05) is 7.05 Å². The number of likely N-dealkylation sites (N-methyl/N-ethyl adjacent to an activating group) is 1. The monoisotopic (exact) mass is 416 g/mol. The molecule has 0 bridgehead atoms. The van der Waals surface area contributed by atoms with Gasteiger partial charge >= 0.3 is 0 Å². The molecule has 1 aliphatic heterocycles. The van der Waals surface area contributed by atoms with E-state index in [0.717, 1.165) is 0 Å². The van der Waals surface area contributed by atoms with Gasteiger partial charge in [0.15, 0.2) is 0 Å². The fraction of sp³-hybridized carbons (Fsp3) is 0.300. The number of nitrogens with one attached hydrogen (secondary N) is 1. The van der Waals surface area contributed by atoms with Gasteiger partial charge in [0.2, 0.25) is 15.9 Å². The van der Waals surface area contributed by atoms with Crippen LogP contribution in [0.4, 0.5) is 5.69 Å². The molecule has 2 aromatic rings. The summed E-state index contributed by atoms with van der Waals surface area (Å²) in [6.07, 6.45) is 0. The molecule has 9 heteroatoms. The molecule has 0 aromatic heterocycles. The third-order valence-corrected chi connectivity index (χ3v) is 6.94. The second-order valence-electron chi connectivity index (χ2n) is 7.03. The zero-order valence-electron chi connectivity index (χ0n) is 16.4. The summed E-state index contributed by atoms with van der Waals surface area (Å²) >= 11 is 0. The largest absolute Gasteiger partial charge is 0.366 e. The van der Waals surface area contributed by atoms with Gasteiger partial charge in [0, 0.05) is 43.0 Å². The Morgan fingerprint density at radius 1 is 1.03 bits per heavy atom. The number of nitrogens with two attached hydrogens (primary N) is 1. The molecule has 0 spiro atoms. The van der Waals surface area contributed by atoms with Crippen LogP contribution < -0.4 is 11.1 Å². The van der Waals surface area contributed by atoms with Gasteiger partial charge in [0.25, 0.3) is 5.91 Å². The summed E-state index contributed by atoms with van der Waals surface area (Å²) in [4.78, 5) is 26.3. The second-order valence-corrected chi connectivity index (χ2v) is 8.97. The van der Waals surface area contributed by atoms with Crippen molar-refractivity contribution in [2.45, 2.75) is 11.8 Å². The fourth-order valence-electron chi connectivity index (χ4n) is 3.21. The lowest BCUT2D eigenvalue weighted by atomic mass is 10.1. The van der Waals surface area contributed by atoms with Crippen LogP contribution >= 0.6 is 0 Å². The van der Waals surface area contributed by atoms with E-state index in [1.54, 1.807) is 37.3 Å². The standard InChI is InChI=1S/C20H24N4O4S/c1-14-17(19(21)25)7-4-8-18(14)22-20(26)15-5-3-6-16(13-15)29(27,28)24-11-9-23(2)10-12-24/h3-8,13H,9-12H2,1-2H3,(H2,21,25)(H,22,26). The molecule has 1 aliphatic rings. The maximum Gasteiger partial charge on any atom is 0.255 e. The van der Waals surface area contributed by atoms with Crippen molar-refractivity contribution < 1.29 is 18.0 Å². The average molecular weight is 417 g/mol. The highest BCUT2D eigenvalue weighted by atomic mass is 32.2. The zero-order chi connectivity index (χ0) is 21.2. The topological polar surface area (TPSA) is 113 Å². The molecule has 0 radical (unpaired) electrons. The van der Waals surface area contributed by atoms with E-state index in [1.165, 1.54) is 16.4 Å². The molecule has 2 aromatic carbocycles. The predicted molar refractivity (Wildman–Crippen MR) is 110 cm³/mol. The number of rotatable bonds is 5. The van der Waals surface area contributed by atoms with Crippen LogP contribution in [0.15, 0.2) is 47.4 Å². The van der Waals surface area contributed by atoms with Crippen molar-refractivity contribution in [3.05, 3.63) is 59.2 Å². The van der Waals surface area contributed by atoms with E-state index in [0.29, 0.717) is 43.0 Å². The van der Waals surface area contributed by atoms with Crippen molar-refractivity contribution in [2.75, 3.05) is 38.5 Å². The van der Waals surface area contributed by atoms with Crippen molar-refractivity contribution in [1.82, 2.24) is 9.21 Å². The Hall–Kier alpha value is -2.75. The van der Waals surface area contributed by atoms with Crippen LogP contribution in [0.3, 0.4) is 0 Å². The molecule has 29 heavy (non-hydrogen) atoms. The number of sulfonamides is 1. The molecule has 1 heterocycles. The molecule has 8 nitrogen and oxygen atoms in total. The summed E-state index contributed by atoms with van der Waals surface area (Å²) in [6.45, 7) is 3.83. The first-order chi connectivity index (χ1) is 13.7. The summed E-state index contributed by atoms with van der Waals surface area (Å²) in [7, 11) is -1.73. The third kappa shape index (κ3) is 4.47. The third-order valence-electron chi connectivity index (χ3n) is 5.04. The van der Waals surface area contributed by atoms with Crippen LogP contribution in [0.25, 0.3) is 0 Å². The van der Waals surface area contributed by atoms with Gasteiger partial charge in [0.05, 0.1) is 4.90 Å². The van der Waals surface area contributed by atoms with Crippen LogP contribution in [0, 0.1) is 6.92 Å². The Morgan fingerprint density at radius 2 is 1.69 bits per heavy atom. The molecule has 3 rings (SSSR count). The Labute approximate surface area is 170 Å². The minimum Gasteiger partial charge on any atom is -0.366 e. The molecule has 0 aliphatic carbocycles. The maximum atomic E-state index is 12.9. The lowest BCUT2D eigenvalue weighted by Gasteiger charge is -2.31. The molecule has 0 unspecified atom stereocenters. The molecule has 1 fully saturated rings. The van der Waals surface area contributed by atoms with E-state index in [4.69, 9.17) is 5.73 Å². The highest BCUT2D eigenvalue weighted by Crippen LogP contribution is 2.22. The number of carbonyl (C=O) groups excluding carboxylic acids is 2. The van der Waals surface area contributed by atoms with E-state index in [2.05, 4.69) is 10.2 Å². The first kappa shape index (κ1) is 21.0. The summed E-state index contributed by atoms with van der Waals surface area (Å²) in [5.74, 6) is -1.05. The Kier molecular flexibility index (Phi) is 6.02.